The molecule has 1 atom stereocenters. The average Bonchev–Trinajstić information content (AvgIpc) is 2.09. The molecule has 13 heavy (non-hydrogen) atoms. The van der Waals surface area contributed by atoms with Crippen LogP contribution in [0, 0.1) is 12.5 Å². The van der Waals surface area contributed by atoms with Gasteiger partial charge in [0.15, 0.2) is 0 Å². The van der Waals surface area contributed by atoms with E-state index in [4.69, 9.17) is 6.42 Å². The van der Waals surface area contributed by atoms with Crippen molar-refractivity contribution >= 4 is 24.0 Å². The summed E-state index contributed by atoms with van der Waals surface area (Å²) in [4.78, 5) is 0. The van der Waals surface area contributed by atoms with Gasteiger partial charge in [0.05, 0.1) is 6.16 Å². The number of terminal acetylenes is 1. The van der Waals surface area contributed by atoms with Crippen LogP contribution >= 0.6 is 24.0 Å². The van der Waals surface area contributed by atoms with Crippen LogP contribution < -0.4 is 0 Å². The van der Waals surface area contributed by atoms with Crippen molar-refractivity contribution in [3.8, 4) is 12.5 Å². The summed E-state index contributed by atoms with van der Waals surface area (Å²) in [6.45, 7) is 0. The van der Waals surface area contributed by atoms with E-state index in [0.717, 1.165) is 10.0 Å². The molecule has 0 N–H and O–H groups in total. The number of hydrogen-bond acceptors (Lipinski definition) is 2. The molecule has 0 aliphatic carbocycles. The standard InChI is InChI=1S/C9H8BrO2P/c1-2-12-13(11)7-8-3-5-9(10)6-4-8/h1,3-6,13H,7H2. The molecule has 0 saturated heterocycles. The van der Waals surface area contributed by atoms with Gasteiger partial charge >= 0.3 is 0 Å². The van der Waals surface area contributed by atoms with Gasteiger partial charge in [0, 0.05) is 4.47 Å². The van der Waals surface area contributed by atoms with E-state index in [1.807, 2.05) is 30.4 Å². The van der Waals surface area contributed by atoms with Gasteiger partial charge in [0.25, 0.3) is 8.03 Å². The Morgan fingerprint density at radius 2 is 2.08 bits per heavy atom. The van der Waals surface area contributed by atoms with Crippen LogP contribution in [-0.2, 0) is 15.3 Å². The Morgan fingerprint density at radius 3 is 2.62 bits per heavy atom. The van der Waals surface area contributed by atoms with Crippen molar-refractivity contribution in [3.05, 3.63) is 34.3 Å². The Bertz CT molecular complexity index is 340. The average molecular weight is 259 g/mol. The van der Waals surface area contributed by atoms with Crippen molar-refractivity contribution in [2.45, 2.75) is 6.16 Å². The molecule has 0 amide bonds. The quantitative estimate of drug-likeness (QED) is 0.616. The third-order valence-electron chi connectivity index (χ3n) is 1.43. The van der Waals surface area contributed by atoms with Crippen LogP contribution in [-0.4, -0.2) is 0 Å². The lowest BCUT2D eigenvalue weighted by Gasteiger charge is -1.99. The van der Waals surface area contributed by atoms with E-state index in [1.54, 1.807) is 0 Å². The topological polar surface area (TPSA) is 26.3 Å². The third kappa shape index (κ3) is 3.67. The van der Waals surface area contributed by atoms with Crippen LogP contribution in [0.1, 0.15) is 5.56 Å². The molecule has 0 fully saturated rings. The van der Waals surface area contributed by atoms with Crippen LogP contribution in [0.5, 0.6) is 0 Å². The summed E-state index contributed by atoms with van der Waals surface area (Å²) < 4.78 is 16.6. The maximum Gasteiger partial charge on any atom is 0.251 e. The van der Waals surface area contributed by atoms with E-state index < -0.39 is 8.03 Å². The molecule has 0 radical (unpaired) electrons. The van der Waals surface area contributed by atoms with E-state index in [2.05, 4.69) is 20.5 Å². The van der Waals surface area contributed by atoms with Gasteiger partial charge < -0.3 is 4.52 Å². The van der Waals surface area contributed by atoms with Crippen LogP contribution in [0.25, 0.3) is 0 Å². The zero-order valence-electron chi connectivity index (χ0n) is 6.79. The fourth-order valence-electron chi connectivity index (χ4n) is 0.871. The van der Waals surface area contributed by atoms with Gasteiger partial charge in [-0.05, 0) is 17.7 Å². The minimum Gasteiger partial charge on any atom is -0.394 e. The Balaban J connectivity index is 2.60. The number of benzene rings is 1. The molecule has 0 spiro atoms. The van der Waals surface area contributed by atoms with Crippen molar-refractivity contribution in [2.75, 3.05) is 0 Å². The highest BCUT2D eigenvalue weighted by Crippen LogP contribution is 2.27. The molecule has 0 aromatic heterocycles. The molecular weight excluding hydrogens is 251 g/mol. The Morgan fingerprint density at radius 1 is 1.46 bits per heavy atom. The van der Waals surface area contributed by atoms with Gasteiger partial charge in [-0.25, -0.2) is 0 Å². The number of rotatable bonds is 3. The Hall–Kier alpha value is -0.710. The molecule has 1 aromatic carbocycles. The van der Waals surface area contributed by atoms with Crippen LogP contribution in [0.4, 0.5) is 0 Å². The van der Waals surface area contributed by atoms with Crippen LogP contribution in [0.2, 0.25) is 0 Å². The van der Waals surface area contributed by atoms with Gasteiger partial charge in [0.2, 0.25) is 0 Å². The monoisotopic (exact) mass is 258 g/mol. The predicted octanol–water partition coefficient (Wildman–Crippen LogP) is 3.03. The number of hydrogen-bond donors (Lipinski definition) is 0. The van der Waals surface area contributed by atoms with E-state index in [-0.39, 0.29) is 0 Å². The third-order valence-corrected chi connectivity index (χ3v) is 3.01. The SMILES string of the molecule is C#CO[PH](=O)Cc1ccc(Br)cc1. The first-order valence-corrected chi connectivity index (χ1v) is 5.94. The van der Waals surface area contributed by atoms with Gasteiger partial charge in [-0.2, -0.15) is 0 Å². The molecule has 0 bridgehead atoms. The van der Waals surface area contributed by atoms with Gasteiger partial charge in [-0.3, -0.25) is 4.57 Å². The zero-order valence-corrected chi connectivity index (χ0v) is 9.37. The first kappa shape index (κ1) is 10.4. The lowest BCUT2D eigenvalue weighted by molar-refractivity contribution is 0.485. The van der Waals surface area contributed by atoms with E-state index in [1.165, 1.54) is 0 Å². The molecule has 1 aromatic rings. The summed E-state index contributed by atoms with van der Waals surface area (Å²) in [6.07, 6.45) is 7.17. The molecular formula is C9H8BrO2P. The van der Waals surface area contributed by atoms with Crippen LogP contribution in [0.3, 0.4) is 0 Å². The minimum atomic E-state index is -2.11. The normalized spacial score (nSPS) is 11.7. The Kier molecular flexibility index (Phi) is 4.08. The molecule has 0 aliphatic heterocycles. The lowest BCUT2D eigenvalue weighted by atomic mass is 10.2. The van der Waals surface area contributed by atoms with Crippen molar-refractivity contribution < 1.29 is 9.09 Å². The molecule has 2 nitrogen and oxygen atoms in total. The second kappa shape index (κ2) is 5.11. The summed E-state index contributed by atoms with van der Waals surface area (Å²) in [6, 6.07) is 7.54. The van der Waals surface area contributed by atoms with Crippen molar-refractivity contribution in [3.63, 3.8) is 0 Å². The molecule has 1 unspecified atom stereocenters. The second-order valence-electron chi connectivity index (χ2n) is 2.40. The summed E-state index contributed by atoms with van der Waals surface area (Å²) in [5, 5.41) is 0. The van der Waals surface area contributed by atoms with E-state index in [9.17, 15) is 4.57 Å². The van der Waals surface area contributed by atoms with E-state index in [0.29, 0.717) is 6.16 Å². The first-order chi connectivity index (χ1) is 6.22. The molecule has 1 rings (SSSR count). The predicted molar refractivity (Wildman–Crippen MR) is 56.8 cm³/mol. The highest BCUT2D eigenvalue weighted by molar-refractivity contribution is 9.10. The second-order valence-corrected chi connectivity index (χ2v) is 4.61. The highest BCUT2D eigenvalue weighted by Gasteiger charge is 2.00. The number of halogens is 1. The van der Waals surface area contributed by atoms with Crippen molar-refractivity contribution in [2.24, 2.45) is 0 Å². The van der Waals surface area contributed by atoms with Gasteiger partial charge in [0.1, 0.15) is 6.11 Å². The van der Waals surface area contributed by atoms with Crippen molar-refractivity contribution in [1.29, 1.82) is 0 Å². The molecule has 0 heterocycles. The van der Waals surface area contributed by atoms with Gasteiger partial charge in [-0.1, -0.05) is 34.5 Å². The summed E-state index contributed by atoms with van der Waals surface area (Å²) in [5.74, 6) is 0. The van der Waals surface area contributed by atoms with Crippen LogP contribution in [0.15, 0.2) is 28.7 Å². The maximum absolute atomic E-state index is 11.1. The summed E-state index contributed by atoms with van der Waals surface area (Å²) >= 11 is 3.31. The van der Waals surface area contributed by atoms with Gasteiger partial charge in [-0.15, -0.1) is 0 Å². The molecule has 0 saturated carbocycles. The molecule has 0 aliphatic rings. The Labute approximate surface area is 86.3 Å². The largest absolute Gasteiger partial charge is 0.394 e. The molecule has 68 valence electrons. The lowest BCUT2D eigenvalue weighted by Crippen LogP contribution is -1.79. The summed E-state index contributed by atoms with van der Waals surface area (Å²) in [7, 11) is -2.11. The minimum absolute atomic E-state index is 0.391. The summed E-state index contributed by atoms with van der Waals surface area (Å²) in [5.41, 5.74) is 0.960. The first-order valence-electron chi connectivity index (χ1n) is 3.62. The fraction of sp³-hybridized carbons (Fsp3) is 0.111. The fourth-order valence-corrected chi connectivity index (χ4v) is 1.91. The zero-order chi connectivity index (χ0) is 9.68. The smallest absolute Gasteiger partial charge is 0.251 e. The molecule has 4 heteroatoms. The van der Waals surface area contributed by atoms with E-state index >= 15 is 0 Å². The van der Waals surface area contributed by atoms with Crippen molar-refractivity contribution in [1.82, 2.24) is 0 Å². The maximum atomic E-state index is 11.1. The highest BCUT2D eigenvalue weighted by atomic mass is 79.9.